The lowest BCUT2D eigenvalue weighted by atomic mass is 10.2. The maximum Gasteiger partial charge on any atom is 0.338 e. The number of hydrogen-bond acceptors (Lipinski definition) is 3. The molecule has 9 heteroatoms. The van der Waals surface area contributed by atoms with E-state index in [1.807, 2.05) is 5.32 Å². The zero-order chi connectivity index (χ0) is 15.4. The van der Waals surface area contributed by atoms with Crippen molar-refractivity contribution in [2.75, 3.05) is 18.9 Å². The van der Waals surface area contributed by atoms with Crippen LogP contribution in [0.5, 0.6) is 0 Å². The van der Waals surface area contributed by atoms with E-state index in [0.717, 1.165) is 4.90 Å². The van der Waals surface area contributed by atoms with Crippen molar-refractivity contribution < 1.29 is 28.3 Å². The fourth-order valence-electron chi connectivity index (χ4n) is 1.32. The van der Waals surface area contributed by atoms with Gasteiger partial charge < -0.3 is 21.1 Å². The molecule has 0 aromatic heterocycles. The Morgan fingerprint density at radius 3 is 2.40 bits per heavy atom. The number of hydrogen-bond donors (Lipinski definition) is 3. The van der Waals surface area contributed by atoms with E-state index in [9.17, 15) is 23.2 Å². The number of aromatic carboxylic acids is 1. The van der Waals surface area contributed by atoms with Crippen LogP contribution in [0.4, 0.5) is 19.3 Å². The number of nitrogens with one attached hydrogen (secondary N) is 1. The second kappa shape index (κ2) is 5.95. The number of anilines is 1. The maximum atomic E-state index is 13.4. The number of carbonyl (C=O) groups is 3. The first-order valence-corrected chi connectivity index (χ1v) is 5.25. The van der Waals surface area contributed by atoms with Crippen LogP contribution in [-0.2, 0) is 4.79 Å². The van der Waals surface area contributed by atoms with E-state index in [1.165, 1.54) is 7.05 Å². The molecule has 4 N–H and O–H groups in total. The van der Waals surface area contributed by atoms with Crippen LogP contribution in [0, 0.1) is 11.6 Å². The molecule has 20 heavy (non-hydrogen) atoms. The Kier molecular flexibility index (Phi) is 4.57. The molecule has 1 rings (SSSR count). The third kappa shape index (κ3) is 3.64. The number of nitrogens with two attached hydrogens (primary N) is 1. The number of carbonyl (C=O) groups excluding carboxylic acids is 2. The lowest BCUT2D eigenvalue weighted by molar-refractivity contribution is -0.118. The largest absolute Gasteiger partial charge is 0.478 e. The molecule has 0 aliphatic heterocycles. The second-order valence-corrected chi connectivity index (χ2v) is 3.87. The highest BCUT2D eigenvalue weighted by Gasteiger charge is 2.18. The number of halogens is 2. The summed E-state index contributed by atoms with van der Waals surface area (Å²) < 4.78 is 26.6. The van der Waals surface area contributed by atoms with E-state index in [4.69, 9.17) is 10.8 Å². The van der Waals surface area contributed by atoms with Gasteiger partial charge in [-0.2, -0.15) is 0 Å². The van der Waals surface area contributed by atoms with E-state index in [0.29, 0.717) is 12.1 Å². The molecule has 0 heterocycles. The minimum Gasteiger partial charge on any atom is -0.478 e. The van der Waals surface area contributed by atoms with Crippen LogP contribution in [0.2, 0.25) is 0 Å². The SMILES string of the molecule is CN(CC(N)=O)C(=O)Nc1cc(C(=O)O)c(F)cc1F. The van der Waals surface area contributed by atoms with Crippen LogP contribution in [0.15, 0.2) is 12.1 Å². The number of amides is 3. The van der Waals surface area contributed by atoms with Crippen LogP contribution in [-0.4, -0.2) is 41.5 Å². The molecule has 0 saturated carbocycles. The van der Waals surface area contributed by atoms with Crippen LogP contribution >= 0.6 is 0 Å². The van der Waals surface area contributed by atoms with Crippen molar-refractivity contribution in [1.82, 2.24) is 4.90 Å². The van der Waals surface area contributed by atoms with Crippen molar-refractivity contribution in [3.05, 3.63) is 29.3 Å². The normalized spacial score (nSPS) is 9.95. The number of primary amides is 1. The van der Waals surface area contributed by atoms with Crippen LogP contribution < -0.4 is 11.1 Å². The van der Waals surface area contributed by atoms with Gasteiger partial charge in [0, 0.05) is 13.1 Å². The summed E-state index contributed by atoms with van der Waals surface area (Å²) in [6, 6.07) is 0.0848. The van der Waals surface area contributed by atoms with Crippen LogP contribution in [0.25, 0.3) is 0 Å². The predicted molar refractivity (Wildman–Crippen MR) is 64.2 cm³/mol. The highest BCUT2D eigenvalue weighted by Crippen LogP contribution is 2.20. The van der Waals surface area contributed by atoms with E-state index in [2.05, 4.69) is 0 Å². The van der Waals surface area contributed by atoms with Gasteiger partial charge in [0.25, 0.3) is 0 Å². The fourth-order valence-corrected chi connectivity index (χ4v) is 1.32. The molecule has 3 amide bonds. The topological polar surface area (TPSA) is 113 Å². The summed E-state index contributed by atoms with van der Waals surface area (Å²) in [4.78, 5) is 33.7. The van der Waals surface area contributed by atoms with Crippen molar-refractivity contribution in [1.29, 1.82) is 0 Å². The van der Waals surface area contributed by atoms with Crippen molar-refractivity contribution in [2.45, 2.75) is 0 Å². The lowest BCUT2D eigenvalue weighted by Gasteiger charge is -2.16. The number of urea groups is 1. The van der Waals surface area contributed by atoms with Crippen LogP contribution in [0.1, 0.15) is 10.4 Å². The van der Waals surface area contributed by atoms with Gasteiger partial charge in [-0.15, -0.1) is 0 Å². The Labute approximate surface area is 112 Å². The molecule has 7 nitrogen and oxygen atoms in total. The third-order valence-corrected chi connectivity index (χ3v) is 2.27. The predicted octanol–water partition coefficient (Wildman–Crippen LogP) is 0.612. The van der Waals surface area contributed by atoms with Gasteiger partial charge in [0.1, 0.15) is 18.2 Å². The van der Waals surface area contributed by atoms with Gasteiger partial charge in [-0.05, 0) is 6.07 Å². The maximum absolute atomic E-state index is 13.4. The third-order valence-electron chi connectivity index (χ3n) is 2.27. The second-order valence-electron chi connectivity index (χ2n) is 3.87. The summed E-state index contributed by atoms with van der Waals surface area (Å²) in [5.74, 6) is -4.80. The molecule has 1 aromatic carbocycles. The van der Waals surface area contributed by atoms with E-state index in [1.54, 1.807) is 0 Å². The lowest BCUT2D eigenvalue weighted by Crippen LogP contribution is -2.38. The Morgan fingerprint density at radius 1 is 1.30 bits per heavy atom. The molecule has 0 aliphatic carbocycles. The average molecular weight is 287 g/mol. The Bertz CT molecular complexity index is 577. The van der Waals surface area contributed by atoms with Gasteiger partial charge in [0.15, 0.2) is 0 Å². The molecule has 0 spiro atoms. The monoisotopic (exact) mass is 287 g/mol. The Hall–Kier alpha value is -2.71. The zero-order valence-corrected chi connectivity index (χ0v) is 10.3. The van der Waals surface area contributed by atoms with E-state index >= 15 is 0 Å². The molecule has 1 aromatic rings. The first-order valence-electron chi connectivity index (χ1n) is 5.25. The number of rotatable bonds is 4. The van der Waals surface area contributed by atoms with Gasteiger partial charge in [-0.25, -0.2) is 18.4 Å². The summed E-state index contributed by atoms with van der Waals surface area (Å²) >= 11 is 0. The zero-order valence-electron chi connectivity index (χ0n) is 10.3. The van der Waals surface area contributed by atoms with Gasteiger partial charge >= 0.3 is 12.0 Å². The average Bonchev–Trinajstić information content (AvgIpc) is 2.30. The van der Waals surface area contributed by atoms with Crippen molar-refractivity contribution in [3.63, 3.8) is 0 Å². The Morgan fingerprint density at radius 2 is 1.90 bits per heavy atom. The van der Waals surface area contributed by atoms with Crippen LogP contribution in [0.3, 0.4) is 0 Å². The van der Waals surface area contributed by atoms with Crippen molar-refractivity contribution in [2.24, 2.45) is 5.73 Å². The first kappa shape index (κ1) is 15.3. The van der Waals surface area contributed by atoms with Crippen molar-refractivity contribution >= 4 is 23.6 Å². The summed E-state index contributed by atoms with van der Waals surface area (Å²) in [6.45, 7) is -0.416. The Balaban J connectivity index is 2.97. The standard InChI is InChI=1S/C11H11F2N3O4/c1-16(4-9(14)17)11(20)15-8-2-5(10(18)19)6(12)3-7(8)13/h2-3H,4H2,1H3,(H2,14,17)(H,15,20)(H,18,19). The number of carboxylic acids is 1. The number of carboxylic acid groups (broad SMARTS) is 1. The van der Waals surface area contributed by atoms with E-state index in [-0.39, 0.29) is 0 Å². The quantitative estimate of drug-likeness (QED) is 0.753. The molecule has 0 radical (unpaired) electrons. The number of likely N-dealkylation sites (N-methyl/N-ethyl adjacent to an activating group) is 1. The molecular formula is C11H11F2N3O4. The highest BCUT2D eigenvalue weighted by atomic mass is 19.1. The molecule has 0 saturated heterocycles. The minimum atomic E-state index is -1.61. The molecule has 0 atom stereocenters. The minimum absolute atomic E-state index is 0.340. The van der Waals surface area contributed by atoms with Gasteiger partial charge in [-0.1, -0.05) is 0 Å². The molecule has 0 fully saturated rings. The molecule has 0 bridgehead atoms. The van der Waals surface area contributed by atoms with Gasteiger partial charge in [0.2, 0.25) is 5.91 Å². The highest BCUT2D eigenvalue weighted by molar-refractivity contribution is 5.94. The summed E-state index contributed by atoms with van der Waals surface area (Å²) in [5, 5.41) is 10.7. The first-order chi connectivity index (χ1) is 9.22. The smallest absolute Gasteiger partial charge is 0.338 e. The summed E-state index contributed by atoms with van der Waals surface area (Å²) in [5.41, 5.74) is 3.56. The number of nitrogens with zero attached hydrogens (tertiary/aromatic N) is 1. The molecular weight excluding hydrogens is 276 g/mol. The molecule has 0 aliphatic rings. The molecule has 108 valence electrons. The summed E-state index contributed by atoms with van der Waals surface area (Å²) in [6.07, 6.45) is 0. The molecule has 0 unspecified atom stereocenters. The van der Waals surface area contributed by atoms with Crippen molar-refractivity contribution in [3.8, 4) is 0 Å². The fraction of sp³-hybridized carbons (Fsp3) is 0.182. The van der Waals surface area contributed by atoms with E-state index < -0.39 is 47.3 Å². The number of benzene rings is 1. The van der Waals surface area contributed by atoms with Gasteiger partial charge in [0.05, 0.1) is 11.3 Å². The summed E-state index contributed by atoms with van der Waals surface area (Å²) in [7, 11) is 1.22. The van der Waals surface area contributed by atoms with Gasteiger partial charge in [-0.3, -0.25) is 4.79 Å².